The predicted molar refractivity (Wildman–Crippen MR) is 71.7 cm³/mol. The molecule has 0 aliphatic carbocycles. The second-order valence-electron chi connectivity index (χ2n) is 4.68. The van der Waals surface area contributed by atoms with Crippen molar-refractivity contribution in [2.45, 2.75) is 26.7 Å². The molecule has 100 valence electrons. The number of halogens is 1. The van der Waals surface area contributed by atoms with Gasteiger partial charge in [0.2, 0.25) is 11.8 Å². The highest BCUT2D eigenvalue weighted by Gasteiger charge is 2.13. The molecule has 2 rings (SSSR count). The first kappa shape index (κ1) is 13.3. The van der Waals surface area contributed by atoms with Crippen molar-refractivity contribution in [1.82, 2.24) is 9.97 Å². The third kappa shape index (κ3) is 2.99. The fraction of sp³-hybridized carbons (Fsp3) is 0.286. The van der Waals surface area contributed by atoms with Crippen LogP contribution in [0.1, 0.15) is 30.9 Å². The Bertz CT molecular complexity index is 599. The summed E-state index contributed by atoms with van der Waals surface area (Å²) in [6.45, 7) is 6.03. The molecule has 0 unspecified atom stereocenters. The number of nitrogens with two attached hydrogens (primary N) is 1. The summed E-state index contributed by atoms with van der Waals surface area (Å²) in [5.74, 6) is 0.0467. The average molecular weight is 261 g/mol. The van der Waals surface area contributed by atoms with E-state index >= 15 is 0 Å². The van der Waals surface area contributed by atoms with Gasteiger partial charge < -0.3 is 10.5 Å². The van der Waals surface area contributed by atoms with Crippen LogP contribution in [0.3, 0.4) is 0 Å². The minimum Gasteiger partial charge on any atom is -0.436 e. The van der Waals surface area contributed by atoms with E-state index in [1.54, 1.807) is 0 Å². The fourth-order valence-corrected chi connectivity index (χ4v) is 1.75. The smallest absolute Gasteiger partial charge is 0.260 e. The summed E-state index contributed by atoms with van der Waals surface area (Å²) >= 11 is 0. The summed E-state index contributed by atoms with van der Waals surface area (Å²) in [6.07, 6.45) is 1.00. The Morgan fingerprint density at radius 2 is 2.05 bits per heavy atom. The minimum absolute atomic E-state index is 0.0184. The third-order valence-corrected chi connectivity index (χ3v) is 2.73. The highest BCUT2D eigenvalue weighted by molar-refractivity contribution is 5.41. The molecule has 0 saturated heterocycles. The molecular formula is C14H16FN3O. The molecule has 1 aromatic heterocycles. The first-order chi connectivity index (χ1) is 8.97. The Morgan fingerprint density at radius 1 is 1.32 bits per heavy atom. The topological polar surface area (TPSA) is 61.0 Å². The minimum atomic E-state index is -0.634. The van der Waals surface area contributed by atoms with Crippen molar-refractivity contribution in [3.8, 4) is 11.6 Å². The first-order valence-electron chi connectivity index (χ1n) is 6.04. The van der Waals surface area contributed by atoms with Crippen LogP contribution in [0.2, 0.25) is 0 Å². The maximum absolute atomic E-state index is 13.6. The maximum atomic E-state index is 13.6. The van der Waals surface area contributed by atoms with Gasteiger partial charge in [-0.05, 0) is 30.0 Å². The van der Waals surface area contributed by atoms with Gasteiger partial charge in [0.05, 0.1) is 6.20 Å². The zero-order valence-electron chi connectivity index (χ0n) is 11.1. The van der Waals surface area contributed by atoms with E-state index in [1.165, 1.54) is 0 Å². The van der Waals surface area contributed by atoms with E-state index in [1.807, 2.05) is 39.0 Å². The zero-order valence-corrected chi connectivity index (χ0v) is 11.1. The number of hydrogen-bond acceptors (Lipinski definition) is 4. The van der Waals surface area contributed by atoms with Gasteiger partial charge in [-0.1, -0.05) is 26.0 Å². The van der Waals surface area contributed by atoms with Crippen LogP contribution >= 0.6 is 0 Å². The van der Waals surface area contributed by atoms with Gasteiger partial charge >= 0.3 is 0 Å². The summed E-state index contributed by atoms with van der Waals surface area (Å²) < 4.78 is 19.1. The molecule has 19 heavy (non-hydrogen) atoms. The normalized spacial score (nSPS) is 10.8. The number of hydrogen-bond donors (Lipinski definition) is 1. The summed E-state index contributed by atoms with van der Waals surface area (Å²) in [7, 11) is 0. The number of aromatic nitrogens is 2. The van der Waals surface area contributed by atoms with E-state index in [9.17, 15) is 4.39 Å². The monoisotopic (exact) mass is 261 g/mol. The number of aryl methyl sites for hydroxylation is 1. The molecule has 0 saturated carbocycles. The molecule has 0 atom stereocenters. The maximum Gasteiger partial charge on any atom is 0.260 e. The van der Waals surface area contributed by atoms with Crippen LogP contribution in [0, 0.1) is 12.7 Å². The fourth-order valence-electron chi connectivity index (χ4n) is 1.75. The van der Waals surface area contributed by atoms with Gasteiger partial charge in [0.25, 0.3) is 5.88 Å². The lowest BCUT2D eigenvalue weighted by molar-refractivity contribution is 0.415. The van der Waals surface area contributed by atoms with Crippen LogP contribution < -0.4 is 10.5 Å². The number of rotatable bonds is 3. The van der Waals surface area contributed by atoms with E-state index in [4.69, 9.17) is 10.5 Å². The summed E-state index contributed by atoms with van der Waals surface area (Å²) in [5.41, 5.74) is 7.46. The lowest BCUT2D eigenvalue weighted by Gasteiger charge is -2.14. The summed E-state index contributed by atoms with van der Waals surface area (Å²) in [5, 5.41) is 0. The van der Waals surface area contributed by atoms with Crippen LogP contribution in [-0.4, -0.2) is 9.97 Å². The van der Waals surface area contributed by atoms with Crippen molar-refractivity contribution >= 4 is 5.95 Å². The quantitative estimate of drug-likeness (QED) is 0.919. The first-order valence-corrected chi connectivity index (χ1v) is 6.04. The molecule has 2 aromatic rings. The van der Waals surface area contributed by atoms with Gasteiger partial charge in [0.15, 0.2) is 0 Å². The number of nitrogens with zero attached hydrogens (tertiary/aromatic N) is 2. The Hall–Kier alpha value is -2.17. The Morgan fingerprint density at radius 3 is 2.74 bits per heavy atom. The van der Waals surface area contributed by atoms with Gasteiger partial charge in [-0.2, -0.15) is 9.37 Å². The molecule has 4 nitrogen and oxygen atoms in total. The predicted octanol–water partition coefficient (Wildman–Crippen LogP) is 3.42. The van der Waals surface area contributed by atoms with Crippen LogP contribution in [-0.2, 0) is 0 Å². The van der Waals surface area contributed by atoms with Crippen molar-refractivity contribution in [1.29, 1.82) is 0 Å². The largest absolute Gasteiger partial charge is 0.436 e. The molecule has 5 heteroatoms. The molecule has 0 spiro atoms. The standard InChI is InChI=1S/C14H16FN3O/c1-8(2)10-5-4-9(3)6-12(10)19-13-11(15)7-17-14(16)18-13/h4-8H,1-3H3,(H2,16,17,18). The molecule has 0 fully saturated rings. The SMILES string of the molecule is Cc1ccc(C(C)C)c(Oc2nc(N)ncc2F)c1. The summed E-state index contributed by atoms with van der Waals surface area (Å²) in [6, 6.07) is 5.82. The van der Waals surface area contributed by atoms with E-state index in [0.717, 1.165) is 17.3 Å². The summed E-state index contributed by atoms with van der Waals surface area (Å²) in [4.78, 5) is 7.34. The molecule has 0 bridgehead atoms. The number of ether oxygens (including phenoxy) is 1. The van der Waals surface area contributed by atoms with Crippen LogP contribution in [0.15, 0.2) is 24.4 Å². The third-order valence-electron chi connectivity index (χ3n) is 2.73. The Kier molecular flexibility index (Phi) is 3.64. The van der Waals surface area contributed by atoms with Crippen molar-refractivity contribution in [2.75, 3.05) is 5.73 Å². The van der Waals surface area contributed by atoms with Gasteiger partial charge in [-0.25, -0.2) is 4.98 Å². The highest BCUT2D eigenvalue weighted by atomic mass is 19.1. The van der Waals surface area contributed by atoms with E-state index in [0.29, 0.717) is 5.75 Å². The second kappa shape index (κ2) is 5.22. The Balaban J connectivity index is 2.42. The van der Waals surface area contributed by atoms with E-state index < -0.39 is 5.82 Å². The second-order valence-corrected chi connectivity index (χ2v) is 4.68. The molecule has 2 N–H and O–H groups in total. The van der Waals surface area contributed by atoms with Gasteiger partial charge in [0.1, 0.15) is 5.75 Å². The highest BCUT2D eigenvalue weighted by Crippen LogP contribution is 2.31. The van der Waals surface area contributed by atoms with Crippen molar-refractivity contribution in [2.24, 2.45) is 0 Å². The van der Waals surface area contributed by atoms with Crippen LogP contribution in [0.4, 0.5) is 10.3 Å². The number of anilines is 1. The van der Waals surface area contributed by atoms with E-state index in [-0.39, 0.29) is 17.7 Å². The van der Waals surface area contributed by atoms with Crippen molar-refractivity contribution in [3.63, 3.8) is 0 Å². The lowest BCUT2D eigenvalue weighted by Crippen LogP contribution is -2.01. The Labute approximate surface area is 111 Å². The lowest BCUT2D eigenvalue weighted by atomic mass is 10.0. The van der Waals surface area contributed by atoms with Gasteiger partial charge in [0, 0.05) is 0 Å². The molecule has 1 heterocycles. The number of nitrogen functional groups attached to an aromatic ring is 1. The van der Waals surface area contributed by atoms with Gasteiger partial charge in [-0.15, -0.1) is 0 Å². The molecule has 0 amide bonds. The molecular weight excluding hydrogens is 245 g/mol. The average Bonchev–Trinajstić information content (AvgIpc) is 2.33. The molecule has 0 aliphatic rings. The van der Waals surface area contributed by atoms with Gasteiger partial charge in [-0.3, -0.25) is 0 Å². The van der Waals surface area contributed by atoms with Crippen LogP contribution in [0.5, 0.6) is 11.6 Å². The van der Waals surface area contributed by atoms with Crippen molar-refractivity contribution in [3.05, 3.63) is 41.3 Å². The molecule has 0 radical (unpaired) electrons. The van der Waals surface area contributed by atoms with Crippen LogP contribution in [0.25, 0.3) is 0 Å². The molecule has 0 aliphatic heterocycles. The molecule has 1 aromatic carbocycles. The van der Waals surface area contributed by atoms with Crippen molar-refractivity contribution < 1.29 is 9.13 Å². The van der Waals surface area contributed by atoms with E-state index in [2.05, 4.69) is 9.97 Å². The zero-order chi connectivity index (χ0) is 14.0. The number of benzene rings is 1.